The summed E-state index contributed by atoms with van der Waals surface area (Å²) in [5, 5.41) is 0. The van der Waals surface area contributed by atoms with E-state index < -0.39 is 10.0 Å². The molecule has 154 valence electrons. The number of fused-ring (bicyclic) bond motifs is 1. The van der Waals surface area contributed by atoms with Gasteiger partial charge in [-0.3, -0.25) is 9.10 Å². The minimum Gasteiger partial charge on any atom is -0.366 e. The van der Waals surface area contributed by atoms with Crippen LogP contribution in [0.1, 0.15) is 22.3 Å². The fraction of sp³-hybridized carbons (Fsp3) is 0.381. The van der Waals surface area contributed by atoms with Crippen LogP contribution in [0.3, 0.4) is 0 Å². The zero-order valence-corrected chi connectivity index (χ0v) is 17.2. The number of piperazine rings is 1. The highest BCUT2D eigenvalue weighted by atomic mass is 32.2. The van der Waals surface area contributed by atoms with Crippen molar-refractivity contribution in [3.63, 3.8) is 0 Å². The summed E-state index contributed by atoms with van der Waals surface area (Å²) in [6, 6.07) is 11.9. The molecule has 0 unspecified atom stereocenters. The summed E-state index contributed by atoms with van der Waals surface area (Å²) in [6.45, 7) is 2.63. The number of sulfonamides is 1. The first kappa shape index (κ1) is 19.7. The second kappa shape index (κ2) is 7.67. The highest BCUT2D eigenvalue weighted by molar-refractivity contribution is 7.92. The zero-order valence-electron chi connectivity index (χ0n) is 16.3. The predicted octanol–water partition coefficient (Wildman–Crippen LogP) is 2.50. The van der Waals surface area contributed by atoms with E-state index in [0.29, 0.717) is 49.7 Å². The number of halogens is 1. The number of benzene rings is 2. The third-order valence-corrected chi connectivity index (χ3v) is 6.74. The predicted molar refractivity (Wildman–Crippen MR) is 111 cm³/mol. The van der Waals surface area contributed by atoms with Crippen LogP contribution in [0.5, 0.6) is 0 Å². The lowest BCUT2D eigenvalue weighted by molar-refractivity contribution is 0.0746. The number of amides is 1. The molecular weight excluding hydrogens is 393 g/mol. The molecular formula is C21H24FN3O3S. The summed E-state index contributed by atoms with van der Waals surface area (Å²) in [7, 11) is -3.33. The number of anilines is 2. The van der Waals surface area contributed by atoms with Gasteiger partial charge in [0, 0.05) is 38.3 Å². The number of carbonyl (C=O) groups is 1. The standard InChI is InChI=1S/C21H24FN3O3S/c1-29(27,28)25-10-4-5-16-15-17(8-9-19(16)25)21(26)24-13-11-23(12-14-24)20-7-3-2-6-18(20)22/h2-3,6-9,15H,4-5,10-14H2,1H3. The largest absolute Gasteiger partial charge is 0.366 e. The van der Waals surface area contributed by atoms with Gasteiger partial charge in [-0.1, -0.05) is 12.1 Å². The third-order valence-electron chi connectivity index (χ3n) is 5.56. The second-order valence-corrected chi connectivity index (χ2v) is 9.42. The number of carbonyl (C=O) groups excluding carboxylic acids is 1. The summed E-state index contributed by atoms with van der Waals surface area (Å²) in [5.41, 5.74) is 2.69. The molecule has 2 aliphatic heterocycles. The summed E-state index contributed by atoms with van der Waals surface area (Å²) in [4.78, 5) is 16.7. The molecule has 29 heavy (non-hydrogen) atoms. The number of rotatable bonds is 3. The maximum absolute atomic E-state index is 14.0. The van der Waals surface area contributed by atoms with Crippen LogP contribution in [0.4, 0.5) is 15.8 Å². The maximum Gasteiger partial charge on any atom is 0.253 e. The first-order valence-electron chi connectivity index (χ1n) is 9.74. The molecule has 1 saturated heterocycles. The Morgan fingerprint density at radius 3 is 2.38 bits per heavy atom. The number of hydrogen-bond donors (Lipinski definition) is 0. The monoisotopic (exact) mass is 417 g/mol. The molecule has 0 radical (unpaired) electrons. The maximum atomic E-state index is 14.0. The molecule has 0 N–H and O–H groups in total. The molecule has 8 heteroatoms. The minimum absolute atomic E-state index is 0.0718. The number of hydrogen-bond acceptors (Lipinski definition) is 4. The summed E-state index contributed by atoms with van der Waals surface area (Å²) in [6.07, 6.45) is 2.69. The van der Waals surface area contributed by atoms with Gasteiger partial charge in [-0.2, -0.15) is 0 Å². The van der Waals surface area contributed by atoms with E-state index in [2.05, 4.69) is 0 Å². The molecule has 0 atom stereocenters. The van der Waals surface area contributed by atoms with E-state index in [4.69, 9.17) is 0 Å². The minimum atomic E-state index is -3.33. The van der Waals surface area contributed by atoms with Crippen molar-refractivity contribution in [3.05, 3.63) is 59.4 Å². The topological polar surface area (TPSA) is 60.9 Å². The quantitative estimate of drug-likeness (QED) is 0.770. The van der Waals surface area contributed by atoms with Crippen LogP contribution >= 0.6 is 0 Å². The Kier molecular flexibility index (Phi) is 5.21. The van der Waals surface area contributed by atoms with Crippen molar-refractivity contribution in [2.75, 3.05) is 48.2 Å². The van der Waals surface area contributed by atoms with Crippen molar-refractivity contribution in [2.24, 2.45) is 0 Å². The molecule has 1 fully saturated rings. The number of para-hydroxylation sites is 1. The first-order chi connectivity index (χ1) is 13.8. The molecule has 2 aromatic rings. The van der Waals surface area contributed by atoms with Crippen molar-refractivity contribution in [3.8, 4) is 0 Å². The second-order valence-electron chi connectivity index (χ2n) is 7.51. The molecule has 0 aliphatic carbocycles. The summed E-state index contributed by atoms with van der Waals surface area (Å²) >= 11 is 0. The van der Waals surface area contributed by atoms with Gasteiger partial charge in [0.2, 0.25) is 10.0 Å². The van der Waals surface area contributed by atoms with Gasteiger partial charge in [-0.05, 0) is 48.7 Å². The van der Waals surface area contributed by atoms with Gasteiger partial charge in [0.1, 0.15) is 5.82 Å². The SMILES string of the molecule is CS(=O)(=O)N1CCCc2cc(C(=O)N3CCN(c4ccccc4F)CC3)ccc21. The van der Waals surface area contributed by atoms with Crippen LogP contribution in [0.15, 0.2) is 42.5 Å². The Morgan fingerprint density at radius 2 is 1.69 bits per heavy atom. The first-order valence-corrected chi connectivity index (χ1v) is 11.6. The molecule has 0 aromatic heterocycles. The van der Waals surface area contributed by atoms with Gasteiger partial charge in [0.15, 0.2) is 0 Å². The van der Waals surface area contributed by atoms with Gasteiger partial charge in [0.25, 0.3) is 5.91 Å². The highest BCUT2D eigenvalue weighted by Crippen LogP contribution is 2.30. The average Bonchev–Trinajstić information content (AvgIpc) is 2.72. The van der Waals surface area contributed by atoms with Gasteiger partial charge in [-0.15, -0.1) is 0 Å². The van der Waals surface area contributed by atoms with Crippen molar-refractivity contribution in [1.82, 2.24) is 4.90 Å². The average molecular weight is 418 g/mol. The lowest BCUT2D eigenvalue weighted by Crippen LogP contribution is -2.49. The molecule has 1 amide bonds. The van der Waals surface area contributed by atoms with Crippen LogP contribution in [0, 0.1) is 5.82 Å². The molecule has 0 bridgehead atoms. The van der Waals surface area contributed by atoms with Crippen molar-refractivity contribution >= 4 is 27.3 Å². The molecule has 6 nitrogen and oxygen atoms in total. The Bertz CT molecular complexity index is 1030. The van der Waals surface area contributed by atoms with E-state index in [9.17, 15) is 17.6 Å². The van der Waals surface area contributed by atoms with Crippen molar-refractivity contribution < 1.29 is 17.6 Å². The Morgan fingerprint density at radius 1 is 0.966 bits per heavy atom. The lowest BCUT2D eigenvalue weighted by atomic mass is 10.00. The van der Waals surface area contributed by atoms with E-state index in [-0.39, 0.29) is 11.7 Å². The zero-order chi connectivity index (χ0) is 20.6. The Labute approximate surface area is 170 Å². The smallest absolute Gasteiger partial charge is 0.253 e. The van der Waals surface area contributed by atoms with E-state index in [1.54, 1.807) is 29.2 Å². The van der Waals surface area contributed by atoms with Gasteiger partial charge >= 0.3 is 0 Å². The number of aryl methyl sites for hydroxylation is 1. The van der Waals surface area contributed by atoms with E-state index >= 15 is 0 Å². The van der Waals surface area contributed by atoms with Gasteiger partial charge in [-0.25, -0.2) is 12.8 Å². The molecule has 0 spiro atoms. The van der Waals surface area contributed by atoms with Gasteiger partial charge in [0.05, 0.1) is 17.6 Å². The molecule has 4 rings (SSSR count). The third kappa shape index (κ3) is 3.94. The normalized spacial score (nSPS) is 17.2. The van der Waals surface area contributed by atoms with Crippen molar-refractivity contribution in [2.45, 2.75) is 12.8 Å². The number of nitrogens with zero attached hydrogens (tertiary/aromatic N) is 3. The van der Waals surface area contributed by atoms with Crippen LogP contribution in [-0.2, 0) is 16.4 Å². The van der Waals surface area contributed by atoms with E-state index in [1.165, 1.54) is 16.6 Å². The van der Waals surface area contributed by atoms with E-state index in [0.717, 1.165) is 18.4 Å². The van der Waals surface area contributed by atoms with Crippen molar-refractivity contribution in [1.29, 1.82) is 0 Å². The van der Waals surface area contributed by atoms with Crippen LogP contribution < -0.4 is 9.21 Å². The Balaban J connectivity index is 1.48. The molecule has 2 heterocycles. The summed E-state index contributed by atoms with van der Waals surface area (Å²) in [5.74, 6) is -0.324. The van der Waals surface area contributed by atoms with E-state index in [1.807, 2.05) is 17.0 Å². The lowest BCUT2D eigenvalue weighted by Gasteiger charge is -2.36. The fourth-order valence-corrected chi connectivity index (χ4v) is 5.08. The van der Waals surface area contributed by atoms with Crippen LogP contribution in [0.2, 0.25) is 0 Å². The highest BCUT2D eigenvalue weighted by Gasteiger charge is 2.27. The van der Waals surface area contributed by atoms with Crippen LogP contribution in [0.25, 0.3) is 0 Å². The molecule has 2 aromatic carbocycles. The summed E-state index contributed by atoms with van der Waals surface area (Å²) < 4.78 is 39.4. The fourth-order valence-electron chi connectivity index (χ4n) is 4.08. The van der Waals surface area contributed by atoms with Gasteiger partial charge < -0.3 is 9.80 Å². The Hall–Kier alpha value is -2.61. The van der Waals surface area contributed by atoms with Crippen LogP contribution in [-0.4, -0.2) is 58.2 Å². The molecule has 0 saturated carbocycles. The molecule has 2 aliphatic rings.